The third kappa shape index (κ3) is 3.17. The molecule has 0 radical (unpaired) electrons. The number of carboxylic acids is 1. The van der Waals surface area contributed by atoms with E-state index in [-0.39, 0.29) is 0 Å². The number of amides is 1. The lowest BCUT2D eigenvalue weighted by atomic mass is 10.2. The summed E-state index contributed by atoms with van der Waals surface area (Å²) in [5.41, 5.74) is 0. The van der Waals surface area contributed by atoms with Crippen LogP contribution in [-0.4, -0.2) is 55.1 Å². The predicted molar refractivity (Wildman–Crippen MR) is 55.2 cm³/mol. The molecule has 1 amide bonds. The number of sulfonamides is 1. The van der Waals surface area contributed by atoms with Gasteiger partial charge in [-0.15, -0.1) is 0 Å². The fourth-order valence-electron chi connectivity index (χ4n) is 1.68. The summed E-state index contributed by atoms with van der Waals surface area (Å²) < 4.78 is 23.7. The van der Waals surface area contributed by atoms with Crippen molar-refractivity contribution in [1.29, 1.82) is 0 Å². The van der Waals surface area contributed by atoms with Crippen LogP contribution < -0.4 is 5.32 Å². The van der Waals surface area contributed by atoms with Crippen molar-refractivity contribution in [2.45, 2.75) is 18.9 Å². The van der Waals surface area contributed by atoms with Gasteiger partial charge in [-0.05, 0) is 12.8 Å². The molecule has 0 aromatic heterocycles. The van der Waals surface area contributed by atoms with E-state index in [9.17, 15) is 18.0 Å². The Labute approximate surface area is 93.5 Å². The molecule has 2 N–H and O–H groups in total. The number of nitrogens with one attached hydrogen (secondary N) is 1. The van der Waals surface area contributed by atoms with Gasteiger partial charge in [0, 0.05) is 6.54 Å². The molecule has 92 valence electrons. The fraction of sp³-hybridized carbons (Fsp3) is 0.750. The maximum Gasteiger partial charge on any atom is 0.322 e. The minimum Gasteiger partial charge on any atom is -0.480 e. The summed E-state index contributed by atoms with van der Waals surface area (Å²) in [5.74, 6) is -1.71. The SMILES string of the molecule is CS(=O)(=O)N1CCCC1C(=O)NCC(=O)O. The monoisotopic (exact) mass is 250 g/mol. The quantitative estimate of drug-likeness (QED) is 0.639. The first-order valence-electron chi connectivity index (χ1n) is 4.78. The molecule has 1 heterocycles. The zero-order chi connectivity index (χ0) is 12.3. The van der Waals surface area contributed by atoms with Crippen LogP contribution in [0.4, 0.5) is 0 Å². The molecule has 0 aliphatic carbocycles. The highest BCUT2D eigenvalue weighted by atomic mass is 32.2. The van der Waals surface area contributed by atoms with Gasteiger partial charge in [0.05, 0.1) is 6.26 Å². The van der Waals surface area contributed by atoms with Gasteiger partial charge in [-0.25, -0.2) is 8.42 Å². The Bertz CT molecular complexity index is 391. The van der Waals surface area contributed by atoms with Crippen LogP contribution in [0.1, 0.15) is 12.8 Å². The zero-order valence-corrected chi connectivity index (χ0v) is 9.66. The Morgan fingerprint density at radius 3 is 2.62 bits per heavy atom. The fourth-order valence-corrected chi connectivity index (χ4v) is 2.80. The number of hydrogen-bond donors (Lipinski definition) is 2. The molecule has 0 aromatic rings. The first-order valence-corrected chi connectivity index (χ1v) is 6.63. The number of nitrogens with zero attached hydrogens (tertiary/aromatic N) is 1. The number of carboxylic acid groups (broad SMARTS) is 1. The number of hydrogen-bond acceptors (Lipinski definition) is 4. The summed E-state index contributed by atoms with van der Waals surface area (Å²) in [6.07, 6.45) is 2.08. The van der Waals surface area contributed by atoms with Gasteiger partial charge in [0.2, 0.25) is 15.9 Å². The molecule has 1 saturated heterocycles. The van der Waals surface area contributed by atoms with Crippen LogP contribution in [0.15, 0.2) is 0 Å². The molecule has 0 bridgehead atoms. The molecular formula is C8H14N2O5S. The molecule has 1 aliphatic heterocycles. The number of aliphatic carboxylic acids is 1. The molecule has 1 atom stereocenters. The molecule has 7 nitrogen and oxygen atoms in total. The van der Waals surface area contributed by atoms with E-state index in [0.717, 1.165) is 10.6 Å². The molecular weight excluding hydrogens is 236 g/mol. The van der Waals surface area contributed by atoms with Crippen LogP contribution in [0.3, 0.4) is 0 Å². The van der Waals surface area contributed by atoms with E-state index in [4.69, 9.17) is 5.11 Å². The highest BCUT2D eigenvalue weighted by Crippen LogP contribution is 2.20. The number of rotatable bonds is 4. The van der Waals surface area contributed by atoms with Gasteiger partial charge in [0.15, 0.2) is 0 Å². The molecule has 8 heteroatoms. The van der Waals surface area contributed by atoms with Gasteiger partial charge in [0.1, 0.15) is 12.6 Å². The average Bonchev–Trinajstić information content (AvgIpc) is 2.61. The van der Waals surface area contributed by atoms with E-state index < -0.39 is 34.5 Å². The largest absolute Gasteiger partial charge is 0.480 e. The van der Waals surface area contributed by atoms with E-state index in [0.29, 0.717) is 19.4 Å². The highest BCUT2D eigenvalue weighted by Gasteiger charge is 2.36. The topological polar surface area (TPSA) is 104 Å². The minimum atomic E-state index is -3.41. The van der Waals surface area contributed by atoms with Gasteiger partial charge < -0.3 is 10.4 Å². The Hall–Kier alpha value is -1.15. The lowest BCUT2D eigenvalue weighted by Crippen LogP contribution is -2.46. The average molecular weight is 250 g/mol. The normalized spacial score (nSPS) is 21.9. The summed E-state index contributed by atoms with van der Waals surface area (Å²) in [7, 11) is -3.41. The van der Waals surface area contributed by atoms with Crippen molar-refractivity contribution in [2.24, 2.45) is 0 Å². The van der Waals surface area contributed by atoms with Crippen molar-refractivity contribution in [3.05, 3.63) is 0 Å². The van der Waals surface area contributed by atoms with Crippen molar-refractivity contribution in [3.63, 3.8) is 0 Å². The molecule has 1 rings (SSSR count). The van der Waals surface area contributed by atoms with Gasteiger partial charge in [-0.1, -0.05) is 0 Å². The molecule has 1 unspecified atom stereocenters. The summed E-state index contributed by atoms with van der Waals surface area (Å²) in [4.78, 5) is 21.8. The lowest BCUT2D eigenvalue weighted by Gasteiger charge is -2.20. The Balaban J connectivity index is 2.65. The molecule has 0 spiro atoms. The lowest BCUT2D eigenvalue weighted by molar-refractivity contribution is -0.138. The second kappa shape index (κ2) is 4.79. The summed E-state index contributed by atoms with van der Waals surface area (Å²) in [5, 5.41) is 10.6. The molecule has 0 saturated carbocycles. The van der Waals surface area contributed by atoms with Crippen LogP contribution in [-0.2, 0) is 19.6 Å². The van der Waals surface area contributed by atoms with Crippen LogP contribution >= 0.6 is 0 Å². The smallest absolute Gasteiger partial charge is 0.322 e. The van der Waals surface area contributed by atoms with Crippen LogP contribution in [0.5, 0.6) is 0 Å². The van der Waals surface area contributed by atoms with Gasteiger partial charge in [0.25, 0.3) is 0 Å². The van der Waals surface area contributed by atoms with Crippen molar-refractivity contribution in [3.8, 4) is 0 Å². The maximum atomic E-state index is 11.5. The molecule has 0 aromatic carbocycles. The van der Waals surface area contributed by atoms with E-state index in [1.165, 1.54) is 0 Å². The van der Waals surface area contributed by atoms with Gasteiger partial charge in [-0.3, -0.25) is 9.59 Å². The van der Waals surface area contributed by atoms with E-state index in [1.54, 1.807) is 0 Å². The molecule has 1 fully saturated rings. The van der Waals surface area contributed by atoms with Crippen molar-refractivity contribution in [1.82, 2.24) is 9.62 Å². The maximum absolute atomic E-state index is 11.5. The minimum absolute atomic E-state index is 0.310. The first kappa shape index (κ1) is 12.9. The Kier molecular flexibility index (Phi) is 3.87. The first-order chi connectivity index (χ1) is 7.32. The van der Waals surface area contributed by atoms with E-state index >= 15 is 0 Å². The molecule has 16 heavy (non-hydrogen) atoms. The zero-order valence-electron chi connectivity index (χ0n) is 8.84. The van der Waals surface area contributed by atoms with Gasteiger partial charge in [-0.2, -0.15) is 4.31 Å². The second-order valence-electron chi connectivity index (χ2n) is 3.64. The third-order valence-corrected chi connectivity index (χ3v) is 3.64. The van der Waals surface area contributed by atoms with Crippen LogP contribution in [0.2, 0.25) is 0 Å². The van der Waals surface area contributed by atoms with E-state index in [2.05, 4.69) is 5.32 Å². The van der Waals surface area contributed by atoms with Crippen molar-refractivity contribution < 1.29 is 23.1 Å². The number of carbonyl (C=O) groups excluding carboxylic acids is 1. The van der Waals surface area contributed by atoms with Crippen LogP contribution in [0.25, 0.3) is 0 Å². The predicted octanol–water partition coefficient (Wildman–Crippen LogP) is -1.39. The van der Waals surface area contributed by atoms with Crippen molar-refractivity contribution >= 4 is 21.9 Å². The third-order valence-electron chi connectivity index (χ3n) is 2.35. The standard InChI is InChI=1S/C8H14N2O5S/c1-16(14,15)10-4-2-3-6(10)8(13)9-5-7(11)12/h6H,2-5H2,1H3,(H,9,13)(H,11,12). The number of carbonyl (C=O) groups is 2. The highest BCUT2D eigenvalue weighted by molar-refractivity contribution is 7.88. The Morgan fingerprint density at radius 2 is 2.12 bits per heavy atom. The Morgan fingerprint density at radius 1 is 1.50 bits per heavy atom. The summed E-state index contributed by atoms with van der Waals surface area (Å²) >= 11 is 0. The molecule has 1 aliphatic rings. The van der Waals surface area contributed by atoms with Crippen molar-refractivity contribution in [2.75, 3.05) is 19.3 Å². The summed E-state index contributed by atoms with van der Waals surface area (Å²) in [6, 6.07) is -0.769. The second-order valence-corrected chi connectivity index (χ2v) is 5.58. The van der Waals surface area contributed by atoms with E-state index in [1.807, 2.05) is 0 Å². The van der Waals surface area contributed by atoms with Gasteiger partial charge >= 0.3 is 5.97 Å². The van der Waals surface area contributed by atoms with Crippen LogP contribution in [0, 0.1) is 0 Å². The summed E-state index contributed by atoms with van der Waals surface area (Å²) in [6.45, 7) is -0.184.